The Kier molecular flexibility index (Phi) is 5.77. The van der Waals surface area contributed by atoms with Crippen molar-refractivity contribution in [2.75, 3.05) is 31.1 Å². The van der Waals surface area contributed by atoms with Gasteiger partial charge in [0.15, 0.2) is 5.13 Å². The van der Waals surface area contributed by atoms with Gasteiger partial charge in [-0.15, -0.1) is 0 Å². The number of benzene rings is 3. The first-order valence-corrected chi connectivity index (χ1v) is 11.8. The number of hydrogen-bond acceptors (Lipinski definition) is 5. The van der Waals surface area contributed by atoms with Crippen LogP contribution in [0.3, 0.4) is 0 Å². The van der Waals surface area contributed by atoms with Crippen molar-refractivity contribution in [3.05, 3.63) is 83.9 Å². The Labute approximate surface area is 191 Å². The second-order valence-electron chi connectivity index (χ2n) is 7.80. The molecular formula is C26H25N3O2S. The summed E-state index contributed by atoms with van der Waals surface area (Å²) in [6.45, 7) is 5.03. The highest BCUT2D eigenvalue weighted by Crippen LogP contribution is 2.32. The number of piperazine rings is 1. The van der Waals surface area contributed by atoms with E-state index in [1.54, 1.807) is 11.3 Å². The number of carbonyl (C=O) groups excluding carboxylic acids is 1. The summed E-state index contributed by atoms with van der Waals surface area (Å²) in [6, 6.07) is 23.4. The average molecular weight is 444 g/mol. The molecule has 0 bridgehead atoms. The number of ether oxygens (including phenoxy) is 1. The van der Waals surface area contributed by atoms with Gasteiger partial charge in [0.05, 0.1) is 15.8 Å². The van der Waals surface area contributed by atoms with Crippen molar-refractivity contribution in [1.29, 1.82) is 0 Å². The van der Waals surface area contributed by atoms with E-state index in [0.717, 1.165) is 35.9 Å². The van der Waals surface area contributed by atoms with Crippen LogP contribution in [0.1, 0.15) is 22.8 Å². The zero-order chi connectivity index (χ0) is 21.9. The maximum absolute atomic E-state index is 13.3. The van der Waals surface area contributed by atoms with Gasteiger partial charge in [-0.25, -0.2) is 4.98 Å². The van der Waals surface area contributed by atoms with Crippen LogP contribution in [0.15, 0.2) is 72.8 Å². The smallest absolute Gasteiger partial charge is 0.257 e. The van der Waals surface area contributed by atoms with Gasteiger partial charge in [-0.2, -0.15) is 0 Å². The van der Waals surface area contributed by atoms with Crippen LogP contribution in [0.4, 0.5) is 5.13 Å². The largest absolute Gasteiger partial charge is 0.457 e. The Morgan fingerprint density at radius 3 is 2.47 bits per heavy atom. The molecule has 2 heterocycles. The van der Waals surface area contributed by atoms with Crippen molar-refractivity contribution >= 4 is 32.6 Å². The Morgan fingerprint density at radius 2 is 1.69 bits per heavy atom. The molecule has 5 rings (SSSR count). The molecule has 1 saturated heterocycles. The van der Waals surface area contributed by atoms with Crippen molar-refractivity contribution in [1.82, 2.24) is 9.88 Å². The van der Waals surface area contributed by atoms with Crippen molar-refractivity contribution in [3.63, 3.8) is 0 Å². The third kappa shape index (κ3) is 4.06. The highest BCUT2D eigenvalue weighted by atomic mass is 32.1. The number of nitrogens with zero attached hydrogens (tertiary/aromatic N) is 3. The molecule has 0 atom stereocenters. The molecule has 0 spiro atoms. The summed E-state index contributed by atoms with van der Waals surface area (Å²) >= 11 is 1.73. The molecule has 5 nitrogen and oxygen atoms in total. The number of aromatic nitrogens is 1. The SMILES string of the molecule is CCc1cccc2sc(N3CCN(C(=O)c4ccccc4Oc4ccccc4)CC3)nc12. The highest BCUT2D eigenvalue weighted by molar-refractivity contribution is 7.22. The number of rotatable bonds is 5. The van der Waals surface area contributed by atoms with Gasteiger partial charge in [-0.1, -0.05) is 60.7 Å². The molecule has 1 aliphatic heterocycles. The molecule has 6 heteroatoms. The van der Waals surface area contributed by atoms with E-state index in [0.29, 0.717) is 24.4 Å². The summed E-state index contributed by atoms with van der Waals surface area (Å²) in [4.78, 5) is 22.4. The van der Waals surface area contributed by atoms with Gasteiger partial charge in [0, 0.05) is 26.2 Å². The molecule has 0 N–H and O–H groups in total. The minimum atomic E-state index is 0.00810. The summed E-state index contributed by atoms with van der Waals surface area (Å²) in [5.41, 5.74) is 2.99. The first-order chi connectivity index (χ1) is 15.7. The molecule has 1 aromatic heterocycles. The number of amides is 1. The van der Waals surface area contributed by atoms with Gasteiger partial charge >= 0.3 is 0 Å². The summed E-state index contributed by atoms with van der Waals surface area (Å²) in [5, 5.41) is 1.04. The molecule has 4 aromatic rings. The Balaban J connectivity index is 1.29. The van der Waals surface area contributed by atoms with Crippen LogP contribution in [-0.2, 0) is 6.42 Å². The number of hydrogen-bond donors (Lipinski definition) is 0. The summed E-state index contributed by atoms with van der Waals surface area (Å²) in [7, 11) is 0. The number of para-hydroxylation sites is 3. The van der Waals surface area contributed by atoms with Crippen molar-refractivity contribution in [2.24, 2.45) is 0 Å². The van der Waals surface area contributed by atoms with Crippen LogP contribution in [0, 0.1) is 0 Å². The van der Waals surface area contributed by atoms with Crippen LogP contribution in [0.2, 0.25) is 0 Å². The monoisotopic (exact) mass is 443 g/mol. The van der Waals surface area contributed by atoms with Gasteiger partial charge in [-0.05, 0) is 42.3 Å². The average Bonchev–Trinajstić information content (AvgIpc) is 3.29. The number of carbonyl (C=O) groups is 1. The van der Waals surface area contributed by atoms with Crippen LogP contribution < -0.4 is 9.64 Å². The fourth-order valence-electron chi connectivity index (χ4n) is 4.03. The van der Waals surface area contributed by atoms with Crippen molar-refractivity contribution in [2.45, 2.75) is 13.3 Å². The first-order valence-electron chi connectivity index (χ1n) is 11.0. The summed E-state index contributed by atoms with van der Waals surface area (Å²) in [5.74, 6) is 1.32. The third-order valence-electron chi connectivity index (χ3n) is 5.80. The van der Waals surface area contributed by atoms with E-state index in [4.69, 9.17) is 9.72 Å². The van der Waals surface area contributed by atoms with Crippen LogP contribution >= 0.6 is 11.3 Å². The minimum absolute atomic E-state index is 0.00810. The van der Waals surface area contributed by atoms with Gasteiger partial charge < -0.3 is 14.5 Å². The molecule has 3 aromatic carbocycles. The van der Waals surface area contributed by atoms with E-state index in [9.17, 15) is 4.79 Å². The van der Waals surface area contributed by atoms with Crippen LogP contribution in [-0.4, -0.2) is 42.0 Å². The third-order valence-corrected chi connectivity index (χ3v) is 6.88. The molecule has 1 fully saturated rings. The van der Waals surface area contributed by atoms with Gasteiger partial charge in [-0.3, -0.25) is 4.79 Å². The van der Waals surface area contributed by atoms with Crippen LogP contribution in [0.25, 0.3) is 10.2 Å². The second-order valence-corrected chi connectivity index (χ2v) is 8.81. The Bertz CT molecular complexity index is 1230. The van der Waals surface area contributed by atoms with E-state index in [-0.39, 0.29) is 5.91 Å². The lowest BCUT2D eigenvalue weighted by Gasteiger charge is -2.34. The number of anilines is 1. The van der Waals surface area contributed by atoms with Crippen LogP contribution in [0.5, 0.6) is 11.5 Å². The predicted molar refractivity (Wildman–Crippen MR) is 130 cm³/mol. The molecule has 0 radical (unpaired) electrons. The topological polar surface area (TPSA) is 45.7 Å². The first kappa shape index (κ1) is 20.5. The number of fused-ring (bicyclic) bond motifs is 1. The lowest BCUT2D eigenvalue weighted by atomic mass is 10.1. The maximum Gasteiger partial charge on any atom is 0.257 e. The molecule has 32 heavy (non-hydrogen) atoms. The fraction of sp³-hybridized carbons (Fsp3) is 0.231. The Hall–Kier alpha value is -3.38. The summed E-state index contributed by atoms with van der Waals surface area (Å²) < 4.78 is 7.23. The molecule has 162 valence electrons. The van der Waals surface area contributed by atoms with E-state index in [2.05, 4.69) is 30.0 Å². The number of aryl methyl sites for hydroxylation is 1. The molecular weight excluding hydrogens is 418 g/mol. The highest BCUT2D eigenvalue weighted by Gasteiger charge is 2.26. The second kappa shape index (κ2) is 9.01. The fourth-order valence-corrected chi connectivity index (χ4v) is 5.10. The maximum atomic E-state index is 13.3. The minimum Gasteiger partial charge on any atom is -0.457 e. The van der Waals surface area contributed by atoms with E-state index < -0.39 is 0 Å². The van der Waals surface area contributed by atoms with E-state index in [1.807, 2.05) is 59.5 Å². The van der Waals surface area contributed by atoms with E-state index in [1.165, 1.54) is 10.3 Å². The van der Waals surface area contributed by atoms with Gasteiger partial charge in [0.1, 0.15) is 11.5 Å². The standard InChI is InChI=1S/C26H25N3O2S/c1-2-19-9-8-14-23-24(19)27-26(32-23)29-17-15-28(16-18-29)25(30)21-12-6-7-13-22(21)31-20-10-4-3-5-11-20/h3-14H,2,15-18H2,1H3. The normalized spacial score (nSPS) is 14.0. The predicted octanol–water partition coefficient (Wildman–Crippen LogP) is 5.61. The van der Waals surface area contributed by atoms with Gasteiger partial charge in [0.25, 0.3) is 5.91 Å². The Morgan fingerprint density at radius 1 is 0.938 bits per heavy atom. The zero-order valence-corrected chi connectivity index (χ0v) is 18.8. The lowest BCUT2D eigenvalue weighted by molar-refractivity contribution is 0.0744. The summed E-state index contributed by atoms with van der Waals surface area (Å²) in [6.07, 6.45) is 0.979. The molecule has 1 aliphatic rings. The molecule has 0 saturated carbocycles. The molecule has 0 aliphatic carbocycles. The van der Waals surface area contributed by atoms with Crippen molar-refractivity contribution < 1.29 is 9.53 Å². The molecule has 0 unspecified atom stereocenters. The van der Waals surface area contributed by atoms with Crippen molar-refractivity contribution in [3.8, 4) is 11.5 Å². The molecule has 1 amide bonds. The lowest BCUT2D eigenvalue weighted by Crippen LogP contribution is -2.48. The zero-order valence-electron chi connectivity index (χ0n) is 18.0. The number of thiazole rings is 1. The quantitative estimate of drug-likeness (QED) is 0.402. The van der Waals surface area contributed by atoms with Gasteiger partial charge in [0.2, 0.25) is 0 Å². The van der Waals surface area contributed by atoms with E-state index >= 15 is 0 Å².